The van der Waals surface area contributed by atoms with Crippen molar-refractivity contribution in [3.8, 4) is 0 Å². The molecule has 0 heterocycles. The van der Waals surface area contributed by atoms with Crippen LogP contribution in [-0.2, 0) is 12.8 Å². The Bertz CT molecular complexity index is 951. The number of rotatable bonds is 12. The molecule has 160 valence electrons. The van der Waals surface area contributed by atoms with Crippen molar-refractivity contribution >= 4 is 11.9 Å². The highest BCUT2D eigenvalue weighted by Crippen LogP contribution is 2.17. The molecule has 0 aromatic heterocycles. The van der Waals surface area contributed by atoms with Gasteiger partial charge in [0, 0.05) is 5.56 Å². The summed E-state index contributed by atoms with van der Waals surface area (Å²) in [6, 6.07) is 27.0. The topological polar surface area (TPSA) is 17.1 Å². The number of allylic oxidation sites excluding steroid dienone is 1. The smallest absolute Gasteiger partial charge is 0.185 e. The molecule has 0 radical (unpaired) electrons. The first-order chi connectivity index (χ1) is 15.2. The molecule has 1 heteroatoms. The van der Waals surface area contributed by atoms with E-state index in [4.69, 9.17) is 0 Å². The van der Waals surface area contributed by atoms with Gasteiger partial charge in [-0.05, 0) is 55.4 Å². The molecular weight excluding hydrogens is 376 g/mol. The Morgan fingerprint density at radius 3 is 2.03 bits per heavy atom. The van der Waals surface area contributed by atoms with Crippen LogP contribution in [0.5, 0.6) is 0 Å². The molecule has 0 aliphatic heterocycles. The predicted molar refractivity (Wildman–Crippen MR) is 133 cm³/mol. The molecule has 0 saturated heterocycles. The fraction of sp³-hybridized carbons (Fsp3) is 0.300. The zero-order valence-electron chi connectivity index (χ0n) is 18.7. The van der Waals surface area contributed by atoms with Crippen LogP contribution in [0.25, 0.3) is 6.08 Å². The predicted octanol–water partition coefficient (Wildman–Crippen LogP) is 8.02. The molecule has 3 aromatic rings. The molecule has 0 aliphatic rings. The van der Waals surface area contributed by atoms with Gasteiger partial charge in [0.05, 0.1) is 0 Å². The molecule has 0 fully saturated rings. The van der Waals surface area contributed by atoms with Crippen molar-refractivity contribution in [3.63, 3.8) is 0 Å². The highest BCUT2D eigenvalue weighted by atomic mass is 16.1. The normalized spacial score (nSPS) is 11.1. The van der Waals surface area contributed by atoms with Crippen molar-refractivity contribution in [3.05, 3.63) is 113 Å². The molecule has 0 spiro atoms. The van der Waals surface area contributed by atoms with E-state index >= 15 is 0 Å². The van der Waals surface area contributed by atoms with Gasteiger partial charge < -0.3 is 0 Å². The third-order valence-electron chi connectivity index (χ3n) is 5.81. The average molecular weight is 411 g/mol. The lowest BCUT2D eigenvalue weighted by molar-refractivity contribution is 0.104. The Morgan fingerprint density at radius 1 is 0.677 bits per heavy atom. The molecule has 31 heavy (non-hydrogen) atoms. The molecular formula is C30H34O. The Hall–Kier alpha value is -2.93. The number of hydrogen-bond donors (Lipinski definition) is 0. The van der Waals surface area contributed by atoms with Crippen LogP contribution in [0, 0.1) is 6.92 Å². The minimum atomic E-state index is 0.0605. The van der Waals surface area contributed by atoms with Crippen LogP contribution in [0.1, 0.15) is 71.1 Å². The van der Waals surface area contributed by atoms with Crippen LogP contribution < -0.4 is 0 Å². The fourth-order valence-corrected chi connectivity index (χ4v) is 3.90. The Labute approximate surface area is 187 Å². The van der Waals surface area contributed by atoms with Crippen LogP contribution in [0.4, 0.5) is 0 Å². The summed E-state index contributed by atoms with van der Waals surface area (Å²) in [6.45, 7) is 2.03. The van der Waals surface area contributed by atoms with Gasteiger partial charge in [-0.3, -0.25) is 4.79 Å². The van der Waals surface area contributed by atoms with E-state index in [1.54, 1.807) is 6.08 Å². The Balaban J connectivity index is 1.38. The number of carbonyl (C=O) groups excluding carboxylic acids is 1. The van der Waals surface area contributed by atoms with Gasteiger partial charge in [0.1, 0.15) is 0 Å². The summed E-state index contributed by atoms with van der Waals surface area (Å²) in [5.41, 5.74) is 5.85. The van der Waals surface area contributed by atoms with Crippen molar-refractivity contribution in [2.75, 3.05) is 0 Å². The van der Waals surface area contributed by atoms with Gasteiger partial charge in [-0.1, -0.05) is 116 Å². The first-order valence-corrected chi connectivity index (χ1v) is 11.6. The van der Waals surface area contributed by atoms with Crippen LogP contribution in [0.15, 0.2) is 84.9 Å². The summed E-state index contributed by atoms with van der Waals surface area (Å²) in [6.07, 6.45) is 13.6. The van der Waals surface area contributed by atoms with Crippen LogP contribution in [-0.4, -0.2) is 5.78 Å². The number of aryl methyl sites for hydroxylation is 3. The van der Waals surface area contributed by atoms with Gasteiger partial charge in [-0.15, -0.1) is 0 Å². The standard InChI is InChI=1S/C30H34O/c1-25-19-21-29(22-20-25)30(31)24-23-28-18-12-11-17-27(28)16-10-5-3-2-4-7-13-26-14-8-6-9-15-26/h6,8-9,11-12,14-15,17-24H,2-5,7,10,13,16H2,1H3/b24-23+. The molecule has 0 atom stereocenters. The quantitative estimate of drug-likeness (QED) is 0.168. The molecule has 0 saturated carbocycles. The van der Waals surface area contributed by atoms with Crippen molar-refractivity contribution in [2.45, 2.75) is 58.3 Å². The Morgan fingerprint density at radius 2 is 1.29 bits per heavy atom. The number of hydrogen-bond acceptors (Lipinski definition) is 1. The molecule has 0 N–H and O–H groups in total. The van der Waals surface area contributed by atoms with E-state index in [0.29, 0.717) is 0 Å². The first kappa shape index (κ1) is 22.7. The van der Waals surface area contributed by atoms with E-state index in [1.165, 1.54) is 61.6 Å². The molecule has 0 unspecified atom stereocenters. The van der Waals surface area contributed by atoms with Crippen molar-refractivity contribution in [1.82, 2.24) is 0 Å². The minimum absolute atomic E-state index is 0.0605. The van der Waals surface area contributed by atoms with E-state index in [2.05, 4.69) is 48.5 Å². The second-order valence-electron chi connectivity index (χ2n) is 8.37. The summed E-state index contributed by atoms with van der Waals surface area (Å²) in [4.78, 5) is 12.4. The molecule has 3 rings (SSSR count). The zero-order chi connectivity index (χ0) is 21.7. The molecule has 1 nitrogen and oxygen atoms in total. The summed E-state index contributed by atoms with van der Waals surface area (Å²) < 4.78 is 0. The lowest BCUT2D eigenvalue weighted by Gasteiger charge is -2.06. The van der Waals surface area contributed by atoms with Crippen molar-refractivity contribution < 1.29 is 4.79 Å². The highest BCUT2D eigenvalue weighted by Gasteiger charge is 2.03. The van der Waals surface area contributed by atoms with Crippen LogP contribution >= 0.6 is 0 Å². The van der Waals surface area contributed by atoms with E-state index in [1.807, 2.05) is 43.3 Å². The average Bonchev–Trinajstić information content (AvgIpc) is 2.81. The van der Waals surface area contributed by atoms with Crippen LogP contribution in [0.2, 0.25) is 0 Å². The number of unbranched alkanes of at least 4 members (excludes halogenated alkanes) is 5. The van der Waals surface area contributed by atoms with E-state index in [0.717, 1.165) is 17.5 Å². The zero-order valence-corrected chi connectivity index (χ0v) is 18.7. The van der Waals surface area contributed by atoms with E-state index < -0.39 is 0 Å². The van der Waals surface area contributed by atoms with Gasteiger partial charge in [0.2, 0.25) is 0 Å². The second kappa shape index (κ2) is 12.7. The van der Waals surface area contributed by atoms with Gasteiger partial charge >= 0.3 is 0 Å². The highest BCUT2D eigenvalue weighted by molar-refractivity contribution is 6.06. The maximum Gasteiger partial charge on any atom is 0.185 e. The Kier molecular flexibility index (Phi) is 9.32. The van der Waals surface area contributed by atoms with Gasteiger partial charge in [0.15, 0.2) is 5.78 Å². The minimum Gasteiger partial charge on any atom is -0.289 e. The largest absolute Gasteiger partial charge is 0.289 e. The third-order valence-corrected chi connectivity index (χ3v) is 5.81. The maximum atomic E-state index is 12.4. The number of carbonyl (C=O) groups is 1. The summed E-state index contributed by atoms with van der Waals surface area (Å²) in [5.74, 6) is 0.0605. The van der Waals surface area contributed by atoms with Gasteiger partial charge in [-0.25, -0.2) is 0 Å². The maximum absolute atomic E-state index is 12.4. The lowest BCUT2D eigenvalue weighted by Crippen LogP contribution is -1.95. The van der Waals surface area contributed by atoms with Crippen LogP contribution in [0.3, 0.4) is 0 Å². The molecule has 0 bridgehead atoms. The van der Waals surface area contributed by atoms with Crippen molar-refractivity contribution in [1.29, 1.82) is 0 Å². The number of ketones is 1. The SMILES string of the molecule is Cc1ccc(C(=O)/C=C/c2ccccc2CCCCCCCCc2ccccc2)cc1. The fourth-order valence-electron chi connectivity index (χ4n) is 3.90. The summed E-state index contributed by atoms with van der Waals surface area (Å²) in [5, 5.41) is 0. The molecule has 0 aliphatic carbocycles. The monoisotopic (exact) mass is 410 g/mol. The summed E-state index contributed by atoms with van der Waals surface area (Å²) in [7, 11) is 0. The van der Waals surface area contributed by atoms with Crippen molar-refractivity contribution in [2.24, 2.45) is 0 Å². The molecule has 0 amide bonds. The summed E-state index contributed by atoms with van der Waals surface area (Å²) >= 11 is 0. The van der Waals surface area contributed by atoms with E-state index in [-0.39, 0.29) is 5.78 Å². The third kappa shape index (κ3) is 8.02. The number of benzene rings is 3. The van der Waals surface area contributed by atoms with Gasteiger partial charge in [-0.2, -0.15) is 0 Å². The second-order valence-corrected chi connectivity index (χ2v) is 8.37. The van der Waals surface area contributed by atoms with E-state index in [9.17, 15) is 4.79 Å². The first-order valence-electron chi connectivity index (χ1n) is 11.6. The molecule has 3 aromatic carbocycles. The van der Waals surface area contributed by atoms with Gasteiger partial charge in [0.25, 0.3) is 0 Å². The lowest BCUT2D eigenvalue weighted by atomic mass is 9.99.